The van der Waals surface area contributed by atoms with Crippen molar-refractivity contribution in [1.82, 2.24) is 14.8 Å². The summed E-state index contributed by atoms with van der Waals surface area (Å²) in [6.45, 7) is 10.1. The number of thioether (sulfide) groups is 1. The molecule has 1 aliphatic rings. The molecular formula is C20H26N4O3S. The van der Waals surface area contributed by atoms with Crippen molar-refractivity contribution >= 4 is 23.7 Å². The summed E-state index contributed by atoms with van der Waals surface area (Å²) < 4.78 is 12.9. The molecule has 2 aromatic rings. The Morgan fingerprint density at radius 1 is 1.36 bits per heavy atom. The van der Waals surface area contributed by atoms with E-state index in [2.05, 4.69) is 22.3 Å². The molecule has 0 saturated carbocycles. The Morgan fingerprint density at radius 3 is 2.82 bits per heavy atom. The fraction of sp³-hybridized carbons (Fsp3) is 0.450. The Kier molecular flexibility index (Phi) is 6.28. The third kappa shape index (κ3) is 4.16. The van der Waals surface area contributed by atoms with Gasteiger partial charge in [-0.1, -0.05) is 30.8 Å². The highest BCUT2D eigenvalue weighted by Gasteiger charge is 2.35. The van der Waals surface area contributed by atoms with Gasteiger partial charge in [0.1, 0.15) is 11.8 Å². The molecular weight excluding hydrogens is 376 g/mol. The minimum atomic E-state index is -0.443. The molecule has 1 aromatic carbocycles. The fourth-order valence-electron chi connectivity index (χ4n) is 3.11. The molecule has 28 heavy (non-hydrogen) atoms. The van der Waals surface area contributed by atoms with E-state index >= 15 is 0 Å². The van der Waals surface area contributed by atoms with Crippen LogP contribution in [0, 0.1) is 0 Å². The van der Waals surface area contributed by atoms with E-state index in [0.29, 0.717) is 29.0 Å². The lowest BCUT2D eigenvalue weighted by Gasteiger charge is -2.28. The van der Waals surface area contributed by atoms with Crippen molar-refractivity contribution in [2.45, 2.75) is 51.9 Å². The first-order valence-electron chi connectivity index (χ1n) is 9.45. The number of nitrogens with zero attached hydrogens (tertiary/aromatic N) is 3. The molecule has 0 amide bonds. The van der Waals surface area contributed by atoms with E-state index in [1.54, 1.807) is 16.4 Å². The number of rotatable bonds is 7. The molecule has 1 N–H and O–H groups in total. The average Bonchev–Trinajstić information content (AvgIpc) is 3.02. The standard InChI is InChI=1S/C20H26N4O3S/c1-6-26-15-10-8-9-14(11-15)17-16(18(25)27-12(3)4)13(5)21-19-22-20(28-7-2)23-24(17)19/h8-12,17H,6-7H2,1-5H3,(H,21,22,23). The summed E-state index contributed by atoms with van der Waals surface area (Å²) in [7, 11) is 0. The maximum atomic E-state index is 12.9. The van der Waals surface area contributed by atoms with Crippen molar-refractivity contribution in [3.05, 3.63) is 41.1 Å². The van der Waals surface area contributed by atoms with Gasteiger partial charge in [0.25, 0.3) is 0 Å². The molecule has 0 radical (unpaired) electrons. The Morgan fingerprint density at radius 2 is 2.14 bits per heavy atom. The lowest BCUT2D eigenvalue weighted by molar-refractivity contribution is -0.143. The van der Waals surface area contributed by atoms with Crippen LogP contribution in [-0.4, -0.2) is 39.2 Å². The smallest absolute Gasteiger partial charge is 0.338 e. The van der Waals surface area contributed by atoms with Crippen LogP contribution in [0.2, 0.25) is 0 Å². The van der Waals surface area contributed by atoms with Gasteiger partial charge < -0.3 is 14.8 Å². The molecule has 1 aliphatic heterocycles. The Labute approximate surface area is 169 Å². The Balaban J connectivity index is 2.12. The van der Waals surface area contributed by atoms with Crippen LogP contribution >= 0.6 is 11.8 Å². The maximum absolute atomic E-state index is 12.9. The first kappa shape index (κ1) is 20.3. The molecule has 2 heterocycles. The summed E-state index contributed by atoms with van der Waals surface area (Å²) in [6, 6.07) is 7.28. The predicted molar refractivity (Wildman–Crippen MR) is 110 cm³/mol. The fourth-order valence-corrected chi connectivity index (χ4v) is 3.67. The minimum absolute atomic E-state index is 0.216. The van der Waals surface area contributed by atoms with E-state index in [4.69, 9.17) is 9.47 Å². The average molecular weight is 403 g/mol. The second-order valence-corrected chi connectivity index (χ2v) is 7.85. The van der Waals surface area contributed by atoms with Gasteiger partial charge in [-0.05, 0) is 51.1 Å². The summed E-state index contributed by atoms with van der Waals surface area (Å²) in [5.41, 5.74) is 2.12. The lowest BCUT2D eigenvalue weighted by atomic mass is 9.95. The van der Waals surface area contributed by atoms with Gasteiger partial charge >= 0.3 is 5.97 Å². The molecule has 0 fully saturated rings. The molecule has 1 aromatic heterocycles. The number of hydrogen-bond donors (Lipinski definition) is 1. The normalized spacial score (nSPS) is 16.0. The van der Waals surface area contributed by atoms with Crippen molar-refractivity contribution in [1.29, 1.82) is 0 Å². The van der Waals surface area contributed by atoms with Crippen molar-refractivity contribution in [2.24, 2.45) is 0 Å². The first-order chi connectivity index (χ1) is 13.4. The predicted octanol–water partition coefficient (Wildman–Crippen LogP) is 4.03. The Hall–Kier alpha value is -2.48. The van der Waals surface area contributed by atoms with E-state index in [0.717, 1.165) is 17.1 Å². The number of benzene rings is 1. The SMILES string of the molecule is CCOc1cccc(C2C(C(=O)OC(C)C)=C(C)Nc3nc(SCC)nn32)c1. The topological polar surface area (TPSA) is 78.3 Å². The molecule has 150 valence electrons. The molecule has 0 spiro atoms. The van der Waals surface area contributed by atoms with Crippen LogP contribution in [-0.2, 0) is 9.53 Å². The van der Waals surface area contributed by atoms with E-state index in [1.807, 2.05) is 52.0 Å². The molecule has 1 atom stereocenters. The van der Waals surface area contributed by atoms with Crippen LogP contribution < -0.4 is 10.1 Å². The first-order valence-corrected chi connectivity index (χ1v) is 10.4. The van der Waals surface area contributed by atoms with Crippen LogP contribution in [0.1, 0.15) is 46.2 Å². The third-order valence-electron chi connectivity index (χ3n) is 4.15. The second kappa shape index (κ2) is 8.68. The zero-order valence-corrected chi connectivity index (χ0v) is 17.7. The number of carbonyl (C=O) groups excluding carboxylic acids is 1. The van der Waals surface area contributed by atoms with E-state index in [1.165, 1.54) is 0 Å². The van der Waals surface area contributed by atoms with Gasteiger partial charge in [0.05, 0.1) is 18.3 Å². The van der Waals surface area contributed by atoms with Gasteiger partial charge in [0.2, 0.25) is 11.1 Å². The van der Waals surface area contributed by atoms with E-state index < -0.39 is 6.04 Å². The molecule has 0 saturated heterocycles. The van der Waals surface area contributed by atoms with Gasteiger partial charge in [0, 0.05) is 5.70 Å². The van der Waals surface area contributed by atoms with Crippen molar-refractivity contribution < 1.29 is 14.3 Å². The maximum Gasteiger partial charge on any atom is 0.338 e. The second-order valence-electron chi connectivity index (χ2n) is 6.62. The summed E-state index contributed by atoms with van der Waals surface area (Å²) in [5, 5.41) is 8.52. The van der Waals surface area contributed by atoms with Crippen molar-refractivity contribution in [3.8, 4) is 5.75 Å². The number of allylic oxidation sites excluding steroid dienone is 1. The molecule has 1 unspecified atom stereocenters. The van der Waals surface area contributed by atoms with Gasteiger partial charge in [0.15, 0.2) is 0 Å². The lowest BCUT2D eigenvalue weighted by Crippen LogP contribution is -2.30. The van der Waals surface area contributed by atoms with E-state index in [-0.39, 0.29) is 12.1 Å². The number of nitrogens with one attached hydrogen (secondary N) is 1. The highest BCUT2D eigenvalue weighted by atomic mass is 32.2. The summed E-state index contributed by atoms with van der Waals surface area (Å²) >= 11 is 1.56. The number of ether oxygens (including phenoxy) is 2. The van der Waals surface area contributed by atoms with E-state index in [9.17, 15) is 4.79 Å². The van der Waals surface area contributed by atoms with Crippen molar-refractivity contribution in [2.75, 3.05) is 17.7 Å². The molecule has 7 nitrogen and oxygen atoms in total. The monoisotopic (exact) mass is 402 g/mol. The molecule has 3 rings (SSSR count). The zero-order chi connectivity index (χ0) is 20.3. The van der Waals surface area contributed by atoms with Crippen LogP contribution in [0.5, 0.6) is 5.75 Å². The highest BCUT2D eigenvalue weighted by Crippen LogP contribution is 2.37. The van der Waals surface area contributed by atoms with Crippen LogP contribution in [0.25, 0.3) is 0 Å². The summed E-state index contributed by atoms with van der Waals surface area (Å²) in [4.78, 5) is 17.5. The number of esters is 1. The largest absolute Gasteiger partial charge is 0.494 e. The van der Waals surface area contributed by atoms with Gasteiger partial charge in [-0.15, -0.1) is 5.10 Å². The van der Waals surface area contributed by atoms with Gasteiger partial charge in [-0.3, -0.25) is 0 Å². The van der Waals surface area contributed by atoms with Crippen LogP contribution in [0.3, 0.4) is 0 Å². The number of hydrogen-bond acceptors (Lipinski definition) is 7. The summed E-state index contributed by atoms with van der Waals surface area (Å²) in [6.07, 6.45) is -0.216. The number of carbonyl (C=O) groups is 1. The van der Waals surface area contributed by atoms with Crippen LogP contribution in [0.4, 0.5) is 5.95 Å². The third-order valence-corrected chi connectivity index (χ3v) is 4.87. The van der Waals surface area contributed by atoms with Crippen LogP contribution in [0.15, 0.2) is 40.7 Å². The van der Waals surface area contributed by atoms with Gasteiger partial charge in [-0.25, -0.2) is 9.48 Å². The number of anilines is 1. The minimum Gasteiger partial charge on any atom is -0.494 e. The zero-order valence-electron chi connectivity index (χ0n) is 16.9. The summed E-state index contributed by atoms with van der Waals surface area (Å²) in [5.74, 6) is 1.86. The molecule has 8 heteroatoms. The molecule has 0 bridgehead atoms. The van der Waals surface area contributed by atoms with Crippen molar-refractivity contribution in [3.63, 3.8) is 0 Å². The highest BCUT2D eigenvalue weighted by molar-refractivity contribution is 7.99. The number of aromatic nitrogens is 3. The quantitative estimate of drug-likeness (QED) is 0.553. The number of fused-ring (bicyclic) bond motifs is 1. The van der Waals surface area contributed by atoms with Gasteiger partial charge in [-0.2, -0.15) is 4.98 Å². The Bertz CT molecular complexity index is 891. The molecule has 0 aliphatic carbocycles.